The molecule has 8 heteroatoms. The molecule has 1 N–H and O–H groups in total. The Kier molecular flexibility index (Phi) is 4.11. The van der Waals surface area contributed by atoms with E-state index in [2.05, 4.69) is 9.97 Å². The van der Waals surface area contributed by atoms with Crippen LogP contribution in [0.3, 0.4) is 0 Å². The molecule has 139 valence electrons. The van der Waals surface area contributed by atoms with Crippen LogP contribution in [-0.4, -0.2) is 15.9 Å². The van der Waals surface area contributed by atoms with Crippen molar-refractivity contribution in [1.29, 1.82) is 0 Å². The molecule has 2 aromatic heterocycles. The average molecular weight is 382 g/mol. The van der Waals surface area contributed by atoms with Crippen LogP contribution < -0.4 is 5.73 Å². The van der Waals surface area contributed by atoms with E-state index in [0.29, 0.717) is 11.2 Å². The standard InChI is InChI=1S/C20H11F3N3O2/c21-20(22,23)13-8-5-12(6-9-13)19-26-16(18(24)27)17(28-19)15-10-7-11-3-1-2-4-14(11)25-15/h1-10,24H. The lowest BCUT2D eigenvalue weighted by molar-refractivity contribution is -0.137. The highest BCUT2D eigenvalue weighted by Gasteiger charge is 2.30. The number of para-hydroxylation sites is 1. The molecule has 0 aliphatic heterocycles. The molecule has 2 aromatic carbocycles. The van der Waals surface area contributed by atoms with Gasteiger partial charge in [-0.1, -0.05) is 24.3 Å². The van der Waals surface area contributed by atoms with Crippen LogP contribution in [0.5, 0.6) is 0 Å². The molecule has 1 amide bonds. The zero-order chi connectivity index (χ0) is 19.9. The smallest absolute Gasteiger partial charge is 0.416 e. The lowest BCUT2D eigenvalue weighted by Crippen LogP contribution is -2.04. The summed E-state index contributed by atoms with van der Waals surface area (Å²) >= 11 is 0. The van der Waals surface area contributed by atoms with E-state index in [-0.39, 0.29) is 22.9 Å². The van der Waals surface area contributed by atoms with Crippen molar-refractivity contribution in [3.8, 4) is 22.9 Å². The molecule has 0 saturated heterocycles. The van der Waals surface area contributed by atoms with Gasteiger partial charge in [0.05, 0.1) is 11.1 Å². The highest BCUT2D eigenvalue weighted by molar-refractivity contribution is 5.96. The largest absolute Gasteiger partial charge is 0.434 e. The summed E-state index contributed by atoms with van der Waals surface area (Å²) in [5.74, 6) is -1.14. The molecule has 0 atom stereocenters. The second kappa shape index (κ2) is 6.49. The number of oxazole rings is 1. The van der Waals surface area contributed by atoms with Gasteiger partial charge in [-0.25, -0.2) is 9.97 Å². The first-order valence-electron chi connectivity index (χ1n) is 8.13. The monoisotopic (exact) mass is 382 g/mol. The van der Waals surface area contributed by atoms with Gasteiger partial charge in [0.25, 0.3) is 5.91 Å². The number of carbonyl (C=O) groups excluding carboxylic acids is 1. The minimum absolute atomic E-state index is 0.000603. The third-order valence-corrected chi connectivity index (χ3v) is 4.13. The Morgan fingerprint density at radius 1 is 0.929 bits per heavy atom. The van der Waals surface area contributed by atoms with E-state index in [0.717, 1.165) is 17.5 Å². The molecule has 0 saturated carbocycles. The zero-order valence-electron chi connectivity index (χ0n) is 14.1. The molecule has 0 bridgehead atoms. The number of pyridine rings is 1. The summed E-state index contributed by atoms with van der Waals surface area (Å²) in [5.41, 5.74) is 7.59. The number of halogens is 3. The summed E-state index contributed by atoms with van der Waals surface area (Å²) in [4.78, 5) is 20.1. The van der Waals surface area contributed by atoms with E-state index in [4.69, 9.17) is 10.2 Å². The fraction of sp³-hybridized carbons (Fsp3) is 0.0500. The number of rotatable bonds is 3. The quantitative estimate of drug-likeness (QED) is 0.499. The summed E-state index contributed by atoms with van der Waals surface area (Å²) < 4.78 is 43.8. The molecule has 1 radical (unpaired) electrons. The van der Waals surface area contributed by atoms with Crippen molar-refractivity contribution < 1.29 is 22.4 Å². The Bertz CT molecular complexity index is 1180. The fourth-order valence-electron chi connectivity index (χ4n) is 2.77. The first-order valence-corrected chi connectivity index (χ1v) is 8.13. The number of alkyl halides is 3. The number of nitrogens with zero attached hydrogens (tertiary/aromatic N) is 2. The maximum absolute atomic E-state index is 12.7. The van der Waals surface area contributed by atoms with E-state index in [1.54, 1.807) is 18.2 Å². The number of hydrogen-bond acceptors (Lipinski definition) is 4. The third-order valence-electron chi connectivity index (χ3n) is 4.13. The van der Waals surface area contributed by atoms with Crippen LogP contribution in [0.1, 0.15) is 16.1 Å². The maximum atomic E-state index is 12.7. The van der Waals surface area contributed by atoms with Crippen molar-refractivity contribution in [2.75, 3.05) is 0 Å². The molecule has 4 rings (SSSR count). The van der Waals surface area contributed by atoms with Crippen LogP contribution in [0.25, 0.3) is 33.8 Å². The molecule has 5 nitrogen and oxygen atoms in total. The second-order valence-corrected chi connectivity index (χ2v) is 5.99. The number of fused-ring (bicyclic) bond motifs is 1. The van der Waals surface area contributed by atoms with Gasteiger partial charge in [0.2, 0.25) is 5.89 Å². The lowest BCUT2D eigenvalue weighted by atomic mass is 10.1. The van der Waals surface area contributed by atoms with E-state index >= 15 is 0 Å². The predicted molar refractivity (Wildman–Crippen MR) is 95.1 cm³/mol. The van der Waals surface area contributed by atoms with Gasteiger partial charge in [0.1, 0.15) is 5.69 Å². The number of nitrogens with one attached hydrogen (secondary N) is 1. The van der Waals surface area contributed by atoms with E-state index < -0.39 is 17.6 Å². The molecule has 0 fully saturated rings. The third kappa shape index (κ3) is 3.20. The Labute approximate surface area is 156 Å². The van der Waals surface area contributed by atoms with Crippen LogP contribution in [-0.2, 0) is 6.18 Å². The van der Waals surface area contributed by atoms with Crippen LogP contribution in [0, 0.1) is 0 Å². The highest BCUT2D eigenvalue weighted by Crippen LogP contribution is 2.33. The number of benzene rings is 2. The van der Waals surface area contributed by atoms with Gasteiger partial charge in [-0.05, 0) is 36.4 Å². The first kappa shape index (κ1) is 17.7. The van der Waals surface area contributed by atoms with Crippen molar-refractivity contribution >= 4 is 16.8 Å². The van der Waals surface area contributed by atoms with Crippen LogP contribution in [0.4, 0.5) is 13.2 Å². The number of carbonyl (C=O) groups is 1. The molecule has 0 spiro atoms. The summed E-state index contributed by atoms with van der Waals surface area (Å²) in [6, 6.07) is 14.9. The minimum Gasteiger partial charge on any atom is -0.434 e. The van der Waals surface area contributed by atoms with Crippen LogP contribution in [0.2, 0.25) is 0 Å². The van der Waals surface area contributed by atoms with Gasteiger partial charge in [0.15, 0.2) is 11.5 Å². The summed E-state index contributed by atoms with van der Waals surface area (Å²) in [6.07, 6.45) is -4.46. The van der Waals surface area contributed by atoms with E-state index in [9.17, 15) is 18.0 Å². The normalized spacial score (nSPS) is 11.7. The zero-order valence-corrected chi connectivity index (χ0v) is 14.1. The molecule has 2 heterocycles. The maximum Gasteiger partial charge on any atom is 0.416 e. The Morgan fingerprint density at radius 2 is 1.64 bits per heavy atom. The fourth-order valence-corrected chi connectivity index (χ4v) is 2.77. The SMILES string of the molecule is [NH]C(=O)c1nc(-c2ccc(C(F)(F)F)cc2)oc1-c1ccc2ccccc2n1. The van der Waals surface area contributed by atoms with Crippen LogP contribution >= 0.6 is 0 Å². The van der Waals surface area contributed by atoms with Gasteiger partial charge in [-0.3, -0.25) is 10.5 Å². The van der Waals surface area contributed by atoms with Gasteiger partial charge in [-0.2, -0.15) is 13.2 Å². The Balaban J connectivity index is 1.80. The number of amides is 1. The lowest BCUT2D eigenvalue weighted by Gasteiger charge is -2.06. The molecule has 28 heavy (non-hydrogen) atoms. The molecular weight excluding hydrogens is 371 g/mol. The van der Waals surface area contributed by atoms with E-state index in [1.165, 1.54) is 12.1 Å². The van der Waals surface area contributed by atoms with Crippen molar-refractivity contribution in [3.63, 3.8) is 0 Å². The van der Waals surface area contributed by atoms with E-state index in [1.807, 2.05) is 18.2 Å². The summed E-state index contributed by atoms with van der Waals surface area (Å²) in [5, 5.41) is 0.882. The van der Waals surface area contributed by atoms with Crippen molar-refractivity contribution in [2.45, 2.75) is 6.18 Å². The number of aromatic nitrogens is 2. The molecule has 0 aliphatic rings. The van der Waals surface area contributed by atoms with Crippen molar-refractivity contribution in [2.24, 2.45) is 0 Å². The molecule has 0 aliphatic carbocycles. The second-order valence-electron chi connectivity index (χ2n) is 5.99. The Hall–Kier alpha value is -3.68. The molecular formula is C20H11F3N3O2. The Morgan fingerprint density at radius 3 is 2.32 bits per heavy atom. The van der Waals surface area contributed by atoms with Crippen molar-refractivity contribution in [3.05, 3.63) is 71.9 Å². The van der Waals surface area contributed by atoms with Crippen molar-refractivity contribution in [1.82, 2.24) is 15.7 Å². The topological polar surface area (TPSA) is 79.8 Å². The summed E-state index contributed by atoms with van der Waals surface area (Å²) in [6.45, 7) is 0. The molecule has 0 unspecified atom stereocenters. The predicted octanol–water partition coefficient (Wildman–Crippen LogP) is 5.00. The first-order chi connectivity index (χ1) is 13.3. The minimum atomic E-state index is -4.46. The molecule has 4 aromatic rings. The van der Waals surface area contributed by atoms with Gasteiger partial charge in [-0.15, -0.1) is 0 Å². The van der Waals surface area contributed by atoms with Gasteiger partial charge >= 0.3 is 6.18 Å². The highest BCUT2D eigenvalue weighted by atomic mass is 19.4. The summed E-state index contributed by atoms with van der Waals surface area (Å²) in [7, 11) is 0. The van der Waals surface area contributed by atoms with Gasteiger partial charge in [0, 0.05) is 10.9 Å². The van der Waals surface area contributed by atoms with Crippen LogP contribution in [0.15, 0.2) is 65.1 Å². The number of hydrogen-bond donors (Lipinski definition) is 0. The van der Waals surface area contributed by atoms with Gasteiger partial charge < -0.3 is 4.42 Å². The average Bonchev–Trinajstić information content (AvgIpc) is 3.13.